The highest BCUT2D eigenvalue weighted by Crippen LogP contribution is 2.14. The topological polar surface area (TPSA) is 72.8 Å². The summed E-state index contributed by atoms with van der Waals surface area (Å²) in [6.07, 6.45) is 17.7. The fraction of sp³-hybridized carbons (Fsp3) is 0.947. The third-order valence-electron chi connectivity index (χ3n) is 4.26. The molecule has 0 rings (SSSR count). The lowest BCUT2D eigenvalue weighted by atomic mass is 10.0. The van der Waals surface area contributed by atoms with Crippen LogP contribution in [-0.4, -0.2) is 24.1 Å². The van der Waals surface area contributed by atoms with Gasteiger partial charge in [-0.05, 0) is 6.42 Å². The molecule has 0 amide bonds. The second kappa shape index (κ2) is 19.9. The summed E-state index contributed by atoms with van der Waals surface area (Å²) in [5.41, 5.74) is 0. The van der Waals surface area contributed by atoms with Gasteiger partial charge < -0.3 is 14.2 Å². The van der Waals surface area contributed by atoms with Gasteiger partial charge in [-0.3, -0.25) is 9.36 Å². The van der Waals surface area contributed by atoms with Crippen molar-refractivity contribution in [2.24, 2.45) is 0 Å². The second-order valence-corrected chi connectivity index (χ2v) is 7.50. The second-order valence-electron chi connectivity index (χ2n) is 6.68. The smallest absolute Gasteiger partial charge is 0.316 e. The van der Waals surface area contributed by atoms with Crippen LogP contribution in [0.4, 0.5) is 0 Å². The van der Waals surface area contributed by atoms with E-state index in [9.17, 15) is 9.36 Å². The Kier molecular flexibility index (Phi) is 19.6. The van der Waals surface area contributed by atoms with Gasteiger partial charge in [-0.1, -0.05) is 84.0 Å². The summed E-state index contributed by atoms with van der Waals surface area (Å²) in [7, 11) is -2.86. The highest BCUT2D eigenvalue weighted by molar-refractivity contribution is 7.32. The fourth-order valence-corrected chi connectivity index (χ4v) is 3.08. The Labute approximate surface area is 154 Å². The van der Waals surface area contributed by atoms with Crippen LogP contribution in [-0.2, 0) is 18.6 Å². The molecule has 0 aliphatic heterocycles. The van der Waals surface area contributed by atoms with E-state index in [0.29, 0.717) is 12.8 Å². The van der Waals surface area contributed by atoms with Gasteiger partial charge in [0.15, 0.2) is 0 Å². The van der Waals surface area contributed by atoms with E-state index in [-0.39, 0.29) is 19.2 Å². The van der Waals surface area contributed by atoms with E-state index in [0.717, 1.165) is 12.8 Å². The molecule has 0 spiro atoms. The summed E-state index contributed by atoms with van der Waals surface area (Å²) in [5.74, 6) is -0.181. The molecule has 6 heteroatoms. The molecule has 0 aromatic heterocycles. The lowest BCUT2D eigenvalue weighted by molar-refractivity contribution is -0.144. The van der Waals surface area contributed by atoms with Crippen molar-refractivity contribution in [3.8, 4) is 0 Å². The molecule has 0 saturated heterocycles. The highest BCUT2D eigenvalue weighted by Gasteiger charge is 2.03. The molecule has 0 aromatic carbocycles. The average Bonchev–Trinajstić information content (AvgIpc) is 2.58. The van der Waals surface area contributed by atoms with Crippen molar-refractivity contribution in [2.45, 2.75) is 103 Å². The van der Waals surface area contributed by atoms with E-state index < -0.39 is 8.25 Å². The van der Waals surface area contributed by atoms with Gasteiger partial charge in [-0.15, -0.1) is 0 Å². The number of hydrogen-bond donors (Lipinski definition) is 1. The van der Waals surface area contributed by atoms with Crippen LogP contribution in [0.2, 0.25) is 0 Å². The Morgan fingerprint density at radius 2 is 1.24 bits per heavy atom. The molecule has 25 heavy (non-hydrogen) atoms. The molecule has 0 fully saturated rings. The predicted octanol–water partition coefficient (Wildman–Crippen LogP) is 5.80. The summed E-state index contributed by atoms with van der Waals surface area (Å²) >= 11 is 0. The fourth-order valence-electron chi connectivity index (χ4n) is 2.76. The molecule has 5 nitrogen and oxygen atoms in total. The van der Waals surface area contributed by atoms with Crippen LogP contribution in [0.3, 0.4) is 0 Å². The van der Waals surface area contributed by atoms with Crippen LogP contribution in [0.5, 0.6) is 0 Å². The third-order valence-corrected chi connectivity index (χ3v) is 4.71. The van der Waals surface area contributed by atoms with Crippen LogP contribution in [0, 0.1) is 0 Å². The van der Waals surface area contributed by atoms with Crippen LogP contribution in [0.15, 0.2) is 0 Å². The lowest BCUT2D eigenvalue weighted by Crippen LogP contribution is -2.07. The number of esters is 1. The molecule has 1 atom stereocenters. The maximum absolute atomic E-state index is 11.5. The lowest BCUT2D eigenvalue weighted by Gasteiger charge is -2.05. The minimum atomic E-state index is -2.86. The van der Waals surface area contributed by atoms with Crippen LogP contribution < -0.4 is 0 Å². The zero-order valence-corrected chi connectivity index (χ0v) is 17.1. The van der Waals surface area contributed by atoms with Crippen LogP contribution in [0.1, 0.15) is 103 Å². The monoisotopic (exact) mass is 378 g/mol. The molecule has 0 saturated carbocycles. The highest BCUT2D eigenvalue weighted by atomic mass is 31.1. The quantitative estimate of drug-likeness (QED) is 0.175. The summed E-state index contributed by atoms with van der Waals surface area (Å²) in [6, 6.07) is 0. The molecule has 0 aromatic rings. The Morgan fingerprint density at radius 1 is 0.760 bits per heavy atom. The maximum atomic E-state index is 11.5. The Balaban J connectivity index is 3.14. The molecular formula is C19H39O5P. The normalized spacial score (nSPS) is 12.2. The molecule has 1 N–H and O–H groups in total. The summed E-state index contributed by atoms with van der Waals surface area (Å²) in [4.78, 5) is 19.9. The zero-order chi connectivity index (χ0) is 18.6. The van der Waals surface area contributed by atoms with Gasteiger partial charge in [0.25, 0.3) is 0 Å². The van der Waals surface area contributed by atoms with E-state index in [1.165, 1.54) is 70.6 Å². The molecule has 0 aliphatic rings. The van der Waals surface area contributed by atoms with Gasteiger partial charge in [-0.2, -0.15) is 0 Å². The van der Waals surface area contributed by atoms with Crippen molar-refractivity contribution < 1.29 is 23.5 Å². The van der Waals surface area contributed by atoms with Crippen molar-refractivity contribution in [1.29, 1.82) is 0 Å². The molecule has 150 valence electrons. The Hall–Kier alpha value is -0.380. The Morgan fingerprint density at radius 3 is 1.72 bits per heavy atom. The van der Waals surface area contributed by atoms with E-state index in [1.807, 2.05) is 0 Å². The van der Waals surface area contributed by atoms with Crippen molar-refractivity contribution in [3.63, 3.8) is 0 Å². The number of carbonyl (C=O) groups is 1. The summed E-state index contributed by atoms with van der Waals surface area (Å²) < 4.78 is 19.9. The van der Waals surface area contributed by atoms with Gasteiger partial charge in [0.2, 0.25) is 0 Å². The van der Waals surface area contributed by atoms with Gasteiger partial charge in [0.1, 0.15) is 0 Å². The minimum absolute atomic E-state index is 0.153. The number of ether oxygens (including phenoxy) is 1. The average molecular weight is 378 g/mol. The van der Waals surface area contributed by atoms with Crippen molar-refractivity contribution in [1.82, 2.24) is 0 Å². The first-order chi connectivity index (χ1) is 12.2. The van der Waals surface area contributed by atoms with Crippen LogP contribution in [0.25, 0.3) is 0 Å². The zero-order valence-electron chi connectivity index (χ0n) is 16.1. The summed E-state index contributed by atoms with van der Waals surface area (Å²) in [6.45, 7) is 2.66. The van der Waals surface area contributed by atoms with Crippen molar-refractivity contribution in [3.05, 3.63) is 0 Å². The van der Waals surface area contributed by atoms with Gasteiger partial charge >= 0.3 is 14.2 Å². The first-order valence-corrected chi connectivity index (χ1v) is 11.4. The molecular weight excluding hydrogens is 339 g/mol. The molecule has 0 heterocycles. The number of unbranched alkanes of at least 4 members (excludes halogenated alkanes) is 12. The van der Waals surface area contributed by atoms with Gasteiger partial charge in [-0.25, -0.2) is 0 Å². The first kappa shape index (κ1) is 24.6. The maximum Gasteiger partial charge on any atom is 0.316 e. The van der Waals surface area contributed by atoms with Crippen molar-refractivity contribution in [2.75, 3.05) is 13.2 Å². The number of rotatable bonds is 19. The van der Waals surface area contributed by atoms with Crippen LogP contribution >= 0.6 is 8.25 Å². The number of carbonyl (C=O) groups excluding carboxylic acids is 1. The molecule has 0 bridgehead atoms. The van der Waals surface area contributed by atoms with E-state index in [1.54, 1.807) is 0 Å². The number of hydrogen-bond acceptors (Lipinski definition) is 4. The largest absolute Gasteiger partial charge is 0.466 e. The summed E-state index contributed by atoms with van der Waals surface area (Å²) in [5, 5.41) is 0. The standard InChI is InChI=1S/C19H39O5P/c1-2-3-4-5-6-7-8-9-10-11-12-13-14-16-19(20)23-17-15-18-24-25(21)22/h25H,2-18H2,1H3,(H,21,22). The van der Waals surface area contributed by atoms with Gasteiger partial charge in [0, 0.05) is 12.8 Å². The van der Waals surface area contributed by atoms with E-state index in [2.05, 4.69) is 11.4 Å². The minimum Gasteiger partial charge on any atom is -0.466 e. The van der Waals surface area contributed by atoms with Gasteiger partial charge in [0.05, 0.1) is 13.2 Å². The first-order valence-electron chi connectivity index (χ1n) is 10.2. The third kappa shape index (κ3) is 21.6. The SMILES string of the molecule is CCCCCCCCCCCCCCCC(=O)OCCCO[PH](=O)O. The predicted molar refractivity (Wildman–Crippen MR) is 103 cm³/mol. The molecule has 1 unspecified atom stereocenters. The Bertz CT molecular complexity index is 323. The van der Waals surface area contributed by atoms with E-state index in [4.69, 9.17) is 9.63 Å². The molecule has 0 aliphatic carbocycles. The van der Waals surface area contributed by atoms with Crippen molar-refractivity contribution >= 4 is 14.2 Å². The van der Waals surface area contributed by atoms with E-state index >= 15 is 0 Å². The molecule has 0 radical (unpaired) electrons.